The highest BCUT2D eigenvalue weighted by Gasteiger charge is 2.19. The summed E-state index contributed by atoms with van der Waals surface area (Å²) in [6.07, 6.45) is 0. The zero-order valence-electron chi connectivity index (χ0n) is 13.9. The molecule has 2 atom stereocenters. The Morgan fingerprint density at radius 1 is 1.35 bits per heavy atom. The van der Waals surface area contributed by atoms with Crippen molar-refractivity contribution in [1.29, 1.82) is 0 Å². The monoisotopic (exact) mass is 334 g/mol. The number of benzene rings is 1. The van der Waals surface area contributed by atoms with E-state index in [2.05, 4.69) is 10.5 Å². The van der Waals surface area contributed by atoms with E-state index in [0.717, 1.165) is 17.0 Å². The third-order valence-corrected chi connectivity index (χ3v) is 5.16. The first-order chi connectivity index (χ1) is 11.0. The maximum absolute atomic E-state index is 12.4. The molecule has 0 saturated heterocycles. The minimum atomic E-state index is -1.16. The van der Waals surface area contributed by atoms with Crippen LogP contribution in [-0.2, 0) is 10.8 Å². The van der Waals surface area contributed by atoms with Gasteiger partial charge < -0.3 is 9.84 Å². The van der Waals surface area contributed by atoms with Crippen LogP contribution in [0.3, 0.4) is 0 Å². The fourth-order valence-corrected chi connectivity index (χ4v) is 3.59. The Hall–Kier alpha value is -1.95. The Morgan fingerprint density at radius 2 is 2.04 bits per heavy atom. The number of carbonyl (C=O) groups is 1. The molecule has 0 bridgehead atoms. The van der Waals surface area contributed by atoms with E-state index in [0.29, 0.717) is 22.8 Å². The number of aryl methyl sites for hydroxylation is 2. The van der Waals surface area contributed by atoms with Crippen LogP contribution in [0.1, 0.15) is 47.1 Å². The van der Waals surface area contributed by atoms with Gasteiger partial charge in [-0.25, -0.2) is 0 Å². The van der Waals surface area contributed by atoms with Gasteiger partial charge in [-0.3, -0.25) is 9.00 Å². The van der Waals surface area contributed by atoms with Crippen molar-refractivity contribution < 1.29 is 13.5 Å². The van der Waals surface area contributed by atoms with Gasteiger partial charge in [0.25, 0.3) is 5.91 Å². The molecule has 1 N–H and O–H groups in total. The van der Waals surface area contributed by atoms with E-state index >= 15 is 0 Å². The average Bonchev–Trinajstić information content (AvgIpc) is 2.90. The van der Waals surface area contributed by atoms with Crippen molar-refractivity contribution in [3.8, 4) is 0 Å². The van der Waals surface area contributed by atoms with Crippen LogP contribution < -0.4 is 5.32 Å². The topological polar surface area (TPSA) is 72.2 Å². The Kier molecular flexibility index (Phi) is 5.71. The maximum Gasteiger partial charge on any atom is 0.252 e. The molecule has 0 radical (unpaired) electrons. The molecule has 5 nitrogen and oxygen atoms in total. The second-order valence-electron chi connectivity index (χ2n) is 5.48. The van der Waals surface area contributed by atoms with Gasteiger partial charge in [0.1, 0.15) is 5.76 Å². The van der Waals surface area contributed by atoms with Crippen molar-refractivity contribution in [3.63, 3.8) is 0 Å². The fourth-order valence-electron chi connectivity index (χ4n) is 2.64. The van der Waals surface area contributed by atoms with Crippen LogP contribution in [0.15, 0.2) is 33.7 Å². The van der Waals surface area contributed by atoms with Gasteiger partial charge >= 0.3 is 0 Å². The largest absolute Gasteiger partial charge is 0.361 e. The summed E-state index contributed by atoms with van der Waals surface area (Å²) in [7, 11) is -1.16. The van der Waals surface area contributed by atoms with Crippen molar-refractivity contribution in [1.82, 2.24) is 10.5 Å². The Balaban J connectivity index is 2.10. The minimum absolute atomic E-state index is 0.0917. The first-order valence-corrected chi connectivity index (χ1v) is 8.96. The molecule has 124 valence electrons. The first-order valence-electron chi connectivity index (χ1n) is 7.64. The van der Waals surface area contributed by atoms with Crippen molar-refractivity contribution >= 4 is 16.7 Å². The Labute approximate surface area is 138 Å². The highest BCUT2D eigenvalue weighted by atomic mass is 32.2. The molecule has 23 heavy (non-hydrogen) atoms. The molecule has 1 aromatic carbocycles. The minimum Gasteiger partial charge on any atom is -0.361 e. The molecule has 1 aromatic heterocycles. The third-order valence-electron chi connectivity index (χ3n) is 3.79. The van der Waals surface area contributed by atoms with E-state index in [1.54, 1.807) is 24.3 Å². The standard InChI is InChI=1S/C17H22N2O3S/c1-5-23(21)15-9-7-6-8-14(15)17(20)18-10-11(2)16-12(3)19-22-13(16)4/h6-9,11H,5,10H2,1-4H3,(H,18,20)/t11-,23-/m1/s1. The van der Waals surface area contributed by atoms with Crippen LogP contribution >= 0.6 is 0 Å². The lowest BCUT2D eigenvalue weighted by atomic mass is 9.99. The second-order valence-corrected chi connectivity index (χ2v) is 7.19. The summed E-state index contributed by atoms with van der Waals surface area (Å²) in [5, 5.41) is 6.86. The SMILES string of the molecule is CC[S@@](=O)c1ccccc1C(=O)NC[C@@H](C)c1c(C)noc1C. The van der Waals surface area contributed by atoms with Gasteiger partial charge in [-0.1, -0.05) is 31.1 Å². The van der Waals surface area contributed by atoms with Crippen LogP contribution in [-0.4, -0.2) is 27.6 Å². The number of nitrogens with zero attached hydrogens (tertiary/aromatic N) is 1. The number of nitrogens with one attached hydrogen (secondary N) is 1. The van der Waals surface area contributed by atoms with Crippen molar-refractivity contribution in [3.05, 3.63) is 46.8 Å². The van der Waals surface area contributed by atoms with Gasteiger partial charge in [-0.2, -0.15) is 0 Å². The van der Waals surface area contributed by atoms with E-state index in [4.69, 9.17) is 4.52 Å². The third kappa shape index (κ3) is 3.88. The Morgan fingerprint density at radius 3 is 2.65 bits per heavy atom. The van der Waals surface area contributed by atoms with Crippen molar-refractivity contribution in [2.24, 2.45) is 0 Å². The van der Waals surface area contributed by atoms with Crippen LogP contribution in [0, 0.1) is 13.8 Å². The lowest BCUT2D eigenvalue weighted by Crippen LogP contribution is -2.28. The van der Waals surface area contributed by atoms with Gasteiger partial charge in [0.15, 0.2) is 0 Å². The normalized spacial score (nSPS) is 13.6. The molecule has 2 rings (SSSR count). The zero-order chi connectivity index (χ0) is 17.0. The van der Waals surface area contributed by atoms with E-state index in [-0.39, 0.29) is 11.8 Å². The summed E-state index contributed by atoms with van der Waals surface area (Å²) in [4.78, 5) is 13.0. The molecule has 6 heteroatoms. The predicted octanol–water partition coefficient (Wildman–Crippen LogP) is 2.95. The number of carbonyl (C=O) groups excluding carboxylic acids is 1. The summed E-state index contributed by atoms with van der Waals surface area (Å²) < 4.78 is 17.2. The van der Waals surface area contributed by atoms with Crippen LogP contribution in [0.2, 0.25) is 0 Å². The van der Waals surface area contributed by atoms with Crippen LogP contribution in [0.4, 0.5) is 0 Å². The highest BCUT2D eigenvalue weighted by Crippen LogP contribution is 2.22. The van der Waals surface area contributed by atoms with E-state index < -0.39 is 10.8 Å². The van der Waals surface area contributed by atoms with Crippen molar-refractivity contribution in [2.45, 2.75) is 38.5 Å². The van der Waals surface area contributed by atoms with Crippen LogP contribution in [0.25, 0.3) is 0 Å². The zero-order valence-corrected chi connectivity index (χ0v) is 14.7. The molecule has 0 fully saturated rings. The van der Waals surface area contributed by atoms with Gasteiger partial charge in [0, 0.05) is 23.8 Å². The summed E-state index contributed by atoms with van der Waals surface area (Å²) in [5.41, 5.74) is 2.34. The molecule has 1 amide bonds. The quantitative estimate of drug-likeness (QED) is 0.881. The second kappa shape index (κ2) is 7.55. The van der Waals surface area contributed by atoms with Gasteiger partial charge in [-0.15, -0.1) is 0 Å². The molecule has 0 aliphatic carbocycles. The average molecular weight is 334 g/mol. The maximum atomic E-state index is 12.4. The van der Waals surface area contributed by atoms with Gasteiger partial charge in [-0.05, 0) is 26.0 Å². The lowest BCUT2D eigenvalue weighted by Gasteiger charge is -2.14. The molecule has 0 unspecified atom stereocenters. The highest BCUT2D eigenvalue weighted by molar-refractivity contribution is 7.85. The van der Waals surface area contributed by atoms with E-state index in [1.807, 2.05) is 27.7 Å². The lowest BCUT2D eigenvalue weighted by molar-refractivity contribution is 0.0948. The number of amides is 1. The molecule has 0 spiro atoms. The smallest absolute Gasteiger partial charge is 0.252 e. The number of rotatable bonds is 6. The first kappa shape index (κ1) is 17.4. The summed E-state index contributed by atoms with van der Waals surface area (Å²) in [5.74, 6) is 1.14. The molecular weight excluding hydrogens is 312 g/mol. The van der Waals surface area contributed by atoms with E-state index in [1.165, 1.54) is 0 Å². The molecule has 0 saturated carbocycles. The van der Waals surface area contributed by atoms with E-state index in [9.17, 15) is 9.00 Å². The molecule has 0 aliphatic rings. The number of aromatic nitrogens is 1. The number of hydrogen-bond acceptors (Lipinski definition) is 4. The molecule has 2 aromatic rings. The summed E-state index contributed by atoms with van der Waals surface area (Å²) in [6.45, 7) is 8.08. The predicted molar refractivity (Wildman–Crippen MR) is 90.1 cm³/mol. The molecular formula is C17H22N2O3S. The van der Waals surface area contributed by atoms with Crippen LogP contribution in [0.5, 0.6) is 0 Å². The molecule has 0 aliphatic heterocycles. The Bertz CT molecular complexity index is 705. The number of hydrogen-bond donors (Lipinski definition) is 1. The fraction of sp³-hybridized carbons (Fsp3) is 0.412. The summed E-state index contributed by atoms with van der Waals surface area (Å²) in [6, 6.07) is 7.03. The van der Waals surface area contributed by atoms with Gasteiger partial charge in [0.2, 0.25) is 0 Å². The van der Waals surface area contributed by atoms with Gasteiger partial charge in [0.05, 0.1) is 27.0 Å². The molecule has 1 heterocycles. The summed E-state index contributed by atoms with van der Waals surface area (Å²) >= 11 is 0. The van der Waals surface area contributed by atoms with Crippen molar-refractivity contribution in [2.75, 3.05) is 12.3 Å².